The Labute approximate surface area is 116 Å². The predicted molar refractivity (Wildman–Crippen MR) is 71.1 cm³/mol. The van der Waals surface area contributed by atoms with E-state index < -0.39 is 10.0 Å². The van der Waals surface area contributed by atoms with E-state index >= 15 is 0 Å². The van der Waals surface area contributed by atoms with E-state index in [-0.39, 0.29) is 10.9 Å². The number of nitrogens with one attached hydrogen (secondary N) is 2. The Hall–Kier alpha value is -2.17. The van der Waals surface area contributed by atoms with Crippen molar-refractivity contribution in [1.82, 2.24) is 14.9 Å². The highest BCUT2D eigenvalue weighted by molar-refractivity contribution is 7.89. The van der Waals surface area contributed by atoms with Crippen LogP contribution in [0.25, 0.3) is 0 Å². The Bertz CT molecular complexity index is 775. The fourth-order valence-electron chi connectivity index (χ4n) is 2.45. The number of nitrogens with zero attached hydrogens (tertiary/aromatic N) is 2. The molecule has 0 bridgehead atoms. The molecule has 2 N–H and O–H groups in total. The van der Waals surface area contributed by atoms with Crippen molar-refractivity contribution in [2.24, 2.45) is 0 Å². The second kappa shape index (κ2) is 4.74. The van der Waals surface area contributed by atoms with Gasteiger partial charge in [-0.1, -0.05) is 6.07 Å². The Morgan fingerprint density at radius 1 is 1.45 bits per heavy atom. The van der Waals surface area contributed by atoms with E-state index in [4.69, 9.17) is 5.26 Å². The number of H-pyrrole nitrogens is 1. The quantitative estimate of drug-likeness (QED) is 0.887. The molecule has 7 heteroatoms. The van der Waals surface area contributed by atoms with Crippen LogP contribution in [0.15, 0.2) is 35.5 Å². The molecule has 102 valence electrons. The summed E-state index contributed by atoms with van der Waals surface area (Å²) in [5.41, 5.74) is 2.57. The van der Waals surface area contributed by atoms with Crippen LogP contribution in [0.2, 0.25) is 0 Å². The van der Waals surface area contributed by atoms with Crippen LogP contribution >= 0.6 is 0 Å². The average molecular weight is 288 g/mol. The number of benzene rings is 1. The van der Waals surface area contributed by atoms with Crippen LogP contribution in [-0.4, -0.2) is 18.6 Å². The summed E-state index contributed by atoms with van der Waals surface area (Å²) in [4.78, 5) is 0.125. The van der Waals surface area contributed by atoms with Crippen molar-refractivity contribution in [1.29, 1.82) is 5.26 Å². The summed E-state index contributed by atoms with van der Waals surface area (Å²) in [5.74, 6) is 0. The highest BCUT2D eigenvalue weighted by Crippen LogP contribution is 2.32. The largest absolute Gasteiger partial charge is 0.284 e. The molecule has 0 fully saturated rings. The normalized spacial score (nSPS) is 17.6. The zero-order valence-corrected chi connectivity index (χ0v) is 11.3. The summed E-state index contributed by atoms with van der Waals surface area (Å²) in [6.07, 6.45) is 4.08. The summed E-state index contributed by atoms with van der Waals surface area (Å²) in [5, 5.41) is 15.0. The molecule has 2 aromatic rings. The third-order valence-electron chi connectivity index (χ3n) is 3.43. The number of rotatable bonds is 3. The lowest BCUT2D eigenvalue weighted by atomic mass is 10.1. The maximum atomic E-state index is 12.2. The molecule has 1 aliphatic rings. The van der Waals surface area contributed by atoms with Crippen molar-refractivity contribution in [2.75, 3.05) is 0 Å². The number of sulfonamides is 1. The molecule has 0 saturated carbocycles. The number of aromatic amines is 1. The number of aryl methyl sites for hydroxylation is 1. The molecule has 0 aliphatic heterocycles. The van der Waals surface area contributed by atoms with Crippen molar-refractivity contribution in [2.45, 2.75) is 23.8 Å². The molecule has 6 nitrogen and oxygen atoms in total. The van der Waals surface area contributed by atoms with Gasteiger partial charge in [-0.3, -0.25) is 5.10 Å². The van der Waals surface area contributed by atoms with Crippen molar-refractivity contribution < 1.29 is 8.42 Å². The molecule has 0 saturated heterocycles. The van der Waals surface area contributed by atoms with Crippen molar-refractivity contribution in [3.63, 3.8) is 0 Å². The van der Waals surface area contributed by atoms with E-state index in [1.54, 1.807) is 6.07 Å². The first-order valence-corrected chi connectivity index (χ1v) is 7.62. The van der Waals surface area contributed by atoms with Gasteiger partial charge in [0.15, 0.2) is 0 Å². The summed E-state index contributed by atoms with van der Waals surface area (Å²) in [7, 11) is -3.57. The van der Waals surface area contributed by atoms with Crippen molar-refractivity contribution in [3.8, 4) is 6.07 Å². The average Bonchev–Trinajstić information content (AvgIpc) is 3.08. The maximum absolute atomic E-state index is 12.2. The number of fused-ring (bicyclic) bond motifs is 1. The van der Waals surface area contributed by atoms with Gasteiger partial charge in [-0.2, -0.15) is 10.4 Å². The lowest BCUT2D eigenvalue weighted by molar-refractivity contribution is 0.554. The Morgan fingerprint density at radius 3 is 3.00 bits per heavy atom. The SMILES string of the molecule is N#Cc1ccc2c(c1)CCC2NS(=O)(=O)c1cn[nH]c1. The minimum absolute atomic E-state index is 0.125. The van der Waals surface area contributed by atoms with Gasteiger partial charge < -0.3 is 0 Å². The van der Waals surface area contributed by atoms with Crippen molar-refractivity contribution >= 4 is 10.0 Å². The van der Waals surface area contributed by atoms with Crippen LogP contribution in [0.3, 0.4) is 0 Å². The highest BCUT2D eigenvalue weighted by atomic mass is 32.2. The number of hydrogen-bond acceptors (Lipinski definition) is 4. The summed E-state index contributed by atoms with van der Waals surface area (Å²) >= 11 is 0. The zero-order chi connectivity index (χ0) is 14.2. The van der Waals surface area contributed by atoms with E-state index in [2.05, 4.69) is 21.0 Å². The molecule has 1 aromatic carbocycles. The van der Waals surface area contributed by atoms with E-state index in [1.165, 1.54) is 12.4 Å². The predicted octanol–water partition coefficient (Wildman–Crippen LogP) is 1.25. The van der Waals surface area contributed by atoms with Crippen LogP contribution in [-0.2, 0) is 16.4 Å². The fraction of sp³-hybridized carbons (Fsp3) is 0.231. The number of nitriles is 1. The number of hydrogen-bond donors (Lipinski definition) is 2. The fourth-order valence-corrected chi connectivity index (χ4v) is 3.61. The van der Waals surface area contributed by atoms with Gasteiger partial charge in [-0.15, -0.1) is 0 Å². The van der Waals surface area contributed by atoms with E-state index in [0.717, 1.165) is 17.5 Å². The van der Waals surface area contributed by atoms with Gasteiger partial charge >= 0.3 is 0 Å². The first-order chi connectivity index (χ1) is 9.60. The lowest BCUT2D eigenvalue weighted by Crippen LogP contribution is -2.27. The molecule has 1 aliphatic carbocycles. The van der Waals surface area contributed by atoms with Gasteiger partial charge in [-0.25, -0.2) is 13.1 Å². The van der Waals surface area contributed by atoms with E-state index in [1.807, 2.05) is 12.1 Å². The summed E-state index contributed by atoms with van der Waals surface area (Å²) in [6.45, 7) is 0. The monoisotopic (exact) mass is 288 g/mol. The van der Waals surface area contributed by atoms with Gasteiger partial charge in [0.2, 0.25) is 10.0 Å². The third kappa shape index (κ3) is 2.19. The van der Waals surface area contributed by atoms with Crippen LogP contribution in [0.4, 0.5) is 0 Å². The third-order valence-corrected chi connectivity index (χ3v) is 4.87. The highest BCUT2D eigenvalue weighted by Gasteiger charge is 2.28. The molecular weight excluding hydrogens is 276 g/mol. The molecule has 20 heavy (non-hydrogen) atoms. The molecule has 0 spiro atoms. The molecular formula is C13H12N4O2S. The molecule has 0 amide bonds. The Kier molecular flexibility index (Phi) is 3.04. The molecule has 3 rings (SSSR count). The second-order valence-corrected chi connectivity index (χ2v) is 6.39. The molecule has 1 aromatic heterocycles. The minimum Gasteiger partial charge on any atom is -0.284 e. The first-order valence-electron chi connectivity index (χ1n) is 6.14. The summed E-state index contributed by atoms with van der Waals surface area (Å²) < 4.78 is 27.0. The molecule has 1 unspecified atom stereocenters. The van der Waals surface area contributed by atoms with Crippen LogP contribution in [0.5, 0.6) is 0 Å². The maximum Gasteiger partial charge on any atom is 0.244 e. The van der Waals surface area contributed by atoms with Crippen LogP contribution in [0.1, 0.15) is 29.2 Å². The van der Waals surface area contributed by atoms with Gasteiger partial charge in [0, 0.05) is 12.2 Å². The topological polar surface area (TPSA) is 98.6 Å². The standard InChI is InChI=1S/C13H12N4O2S/c14-6-9-1-3-12-10(5-9)2-4-13(12)17-20(18,19)11-7-15-16-8-11/h1,3,5,7-8,13,17H,2,4H2,(H,15,16). The van der Waals surface area contributed by atoms with E-state index in [9.17, 15) is 8.42 Å². The zero-order valence-electron chi connectivity index (χ0n) is 10.5. The van der Waals surface area contributed by atoms with Crippen molar-refractivity contribution in [3.05, 3.63) is 47.3 Å². The smallest absolute Gasteiger partial charge is 0.244 e. The summed E-state index contributed by atoms with van der Waals surface area (Å²) in [6, 6.07) is 7.19. The molecule has 1 heterocycles. The lowest BCUT2D eigenvalue weighted by Gasteiger charge is -2.13. The minimum atomic E-state index is -3.57. The first kappa shape index (κ1) is 12.8. The van der Waals surface area contributed by atoms with Gasteiger partial charge in [-0.05, 0) is 36.1 Å². The molecule has 1 atom stereocenters. The Balaban J connectivity index is 1.88. The van der Waals surface area contributed by atoms with Gasteiger partial charge in [0.05, 0.1) is 17.8 Å². The Morgan fingerprint density at radius 2 is 2.30 bits per heavy atom. The molecule has 0 radical (unpaired) electrons. The van der Waals surface area contributed by atoms with Crippen LogP contribution < -0.4 is 4.72 Å². The van der Waals surface area contributed by atoms with Crippen LogP contribution in [0, 0.1) is 11.3 Å². The van der Waals surface area contributed by atoms with E-state index in [0.29, 0.717) is 12.0 Å². The van der Waals surface area contributed by atoms with Gasteiger partial charge in [0.1, 0.15) is 4.90 Å². The second-order valence-electron chi connectivity index (χ2n) is 4.67. The number of aromatic nitrogens is 2. The van der Waals surface area contributed by atoms with Gasteiger partial charge in [0.25, 0.3) is 0 Å².